The molecule has 0 aromatic rings. The maximum atomic E-state index is 9.86. The number of hydrogen-bond acceptors (Lipinski definition) is 10. The normalized spacial score (nSPS) is 11.4. The standard InChI is InChI=1S/2C5H9NO4.Ca.Mg/c2*6-3(5(9)10)1-2-4(7)8;;/h2*3H,1-2,6H2,(H,7,8)(H,9,10);;/q;;2*+2/p-4/t2*3-;;/m00../s1. The number of carbonyl (C=O) groups excluding carboxylic acids is 4. The molecular weight excluding hydrogens is 340 g/mol. The molecule has 2 atom stereocenters. The van der Waals surface area contributed by atoms with Gasteiger partial charge in [0.05, 0.1) is 11.9 Å². The number of aliphatic carboxylic acids is 4. The zero-order valence-electron chi connectivity index (χ0n) is 11.8. The molecule has 0 aliphatic rings. The molecule has 0 radical (unpaired) electrons. The predicted octanol–water partition coefficient (Wildman–Crippen LogP) is -7.57. The number of nitrogens with two attached hydrogens (primary N) is 2. The van der Waals surface area contributed by atoms with Gasteiger partial charge in [-0.3, -0.25) is 0 Å². The van der Waals surface area contributed by atoms with Crippen LogP contribution in [0, 0.1) is 0 Å². The average Bonchev–Trinajstić information content (AvgIpc) is 2.33. The van der Waals surface area contributed by atoms with E-state index in [4.69, 9.17) is 11.5 Å². The largest absolute Gasteiger partial charge is 2.00 e. The summed E-state index contributed by atoms with van der Waals surface area (Å²) in [5.41, 5.74) is 9.82. The van der Waals surface area contributed by atoms with E-state index < -0.39 is 36.0 Å². The van der Waals surface area contributed by atoms with Crippen LogP contribution in [0.25, 0.3) is 0 Å². The maximum absolute atomic E-state index is 9.86. The maximum Gasteiger partial charge on any atom is 2.00 e. The van der Waals surface area contributed by atoms with Crippen LogP contribution in [-0.4, -0.2) is 96.8 Å². The molecule has 0 aromatic heterocycles. The molecule has 0 saturated carbocycles. The van der Waals surface area contributed by atoms with E-state index in [2.05, 4.69) is 0 Å². The van der Waals surface area contributed by atoms with Gasteiger partial charge < -0.3 is 51.1 Å². The number of carboxylic acid groups (broad SMARTS) is 4. The summed E-state index contributed by atoms with van der Waals surface area (Å²) >= 11 is 0. The second kappa shape index (κ2) is 17.2. The fourth-order valence-electron chi connectivity index (χ4n) is 0.782. The van der Waals surface area contributed by atoms with E-state index in [0.717, 1.165) is 0 Å². The Kier molecular flexibility index (Phi) is 23.3. The van der Waals surface area contributed by atoms with Crippen LogP contribution in [0.3, 0.4) is 0 Å². The Morgan fingerprint density at radius 2 is 0.955 bits per heavy atom. The van der Waals surface area contributed by atoms with Gasteiger partial charge in [-0.2, -0.15) is 0 Å². The fourth-order valence-corrected chi connectivity index (χ4v) is 0.782. The van der Waals surface area contributed by atoms with Crippen LogP contribution in [0.5, 0.6) is 0 Å². The molecule has 0 aliphatic heterocycles. The summed E-state index contributed by atoms with van der Waals surface area (Å²) in [6.07, 6.45) is -1.00. The molecule has 0 saturated heterocycles. The van der Waals surface area contributed by atoms with Crippen LogP contribution in [0.1, 0.15) is 25.7 Å². The topological polar surface area (TPSA) is 213 Å². The Labute approximate surface area is 172 Å². The van der Waals surface area contributed by atoms with Gasteiger partial charge in [0.25, 0.3) is 0 Å². The summed E-state index contributed by atoms with van der Waals surface area (Å²) in [6, 6.07) is -2.42. The molecule has 0 amide bonds. The minimum absolute atomic E-state index is 0. The van der Waals surface area contributed by atoms with Crippen LogP contribution in [0.4, 0.5) is 0 Å². The summed E-state index contributed by atoms with van der Waals surface area (Å²) in [4.78, 5) is 39.2. The molecule has 0 aromatic carbocycles. The monoisotopic (exact) mass is 354 g/mol. The first kappa shape index (κ1) is 29.8. The molecule has 0 heterocycles. The molecular formula is C10H14CaMgN2O8. The van der Waals surface area contributed by atoms with E-state index >= 15 is 0 Å². The Bertz CT molecular complexity index is 335. The van der Waals surface area contributed by atoms with E-state index in [1.54, 1.807) is 0 Å². The van der Waals surface area contributed by atoms with Gasteiger partial charge in [-0.15, -0.1) is 0 Å². The van der Waals surface area contributed by atoms with Crippen molar-refractivity contribution in [1.29, 1.82) is 0 Å². The number of rotatable bonds is 8. The summed E-state index contributed by atoms with van der Waals surface area (Å²) in [5.74, 6) is -5.50. The van der Waals surface area contributed by atoms with E-state index in [-0.39, 0.29) is 86.5 Å². The first-order chi connectivity index (χ1) is 9.07. The number of hydrogen-bond donors (Lipinski definition) is 2. The molecule has 0 unspecified atom stereocenters. The van der Waals surface area contributed by atoms with Crippen LogP contribution >= 0.6 is 0 Å². The molecule has 4 N–H and O–H groups in total. The smallest absolute Gasteiger partial charge is 0.550 e. The quantitative estimate of drug-likeness (QED) is 0.392. The minimum atomic E-state index is -1.44. The fraction of sp³-hybridized carbons (Fsp3) is 0.600. The van der Waals surface area contributed by atoms with Crippen molar-refractivity contribution in [3.05, 3.63) is 0 Å². The van der Waals surface area contributed by atoms with E-state index in [1.165, 1.54) is 0 Å². The minimum Gasteiger partial charge on any atom is -0.550 e. The average molecular weight is 355 g/mol. The van der Waals surface area contributed by atoms with Crippen molar-refractivity contribution in [2.45, 2.75) is 37.8 Å². The summed E-state index contributed by atoms with van der Waals surface area (Å²) in [6.45, 7) is 0. The molecule has 0 spiro atoms. The van der Waals surface area contributed by atoms with Crippen LogP contribution in [0.15, 0.2) is 0 Å². The van der Waals surface area contributed by atoms with Gasteiger partial charge >= 0.3 is 60.8 Å². The van der Waals surface area contributed by atoms with Crippen molar-refractivity contribution in [2.24, 2.45) is 11.5 Å². The Morgan fingerprint density at radius 1 is 0.727 bits per heavy atom. The van der Waals surface area contributed by atoms with Gasteiger partial charge in [0.2, 0.25) is 0 Å². The van der Waals surface area contributed by atoms with Crippen LogP contribution < -0.4 is 31.9 Å². The van der Waals surface area contributed by atoms with Gasteiger partial charge in [-0.1, -0.05) is 0 Å². The van der Waals surface area contributed by atoms with E-state index in [0.29, 0.717) is 0 Å². The van der Waals surface area contributed by atoms with Crippen LogP contribution in [0.2, 0.25) is 0 Å². The van der Waals surface area contributed by atoms with Gasteiger partial charge in [0.1, 0.15) is 0 Å². The van der Waals surface area contributed by atoms with E-state index in [9.17, 15) is 39.6 Å². The van der Waals surface area contributed by atoms with Crippen molar-refractivity contribution < 1.29 is 39.6 Å². The second-order valence-corrected chi connectivity index (χ2v) is 3.67. The van der Waals surface area contributed by atoms with Gasteiger partial charge in [0, 0.05) is 24.0 Å². The molecule has 22 heavy (non-hydrogen) atoms. The van der Waals surface area contributed by atoms with Gasteiger partial charge in [-0.25, -0.2) is 0 Å². The Morgan fingerprint density at radius 3 is 1.09 bits per heavy atom. The zero-order valence-corrected chi connectivity index (χ0v) is 15.4. The summed E-state index contributed by atoms with van der Waals surface area (Å²) in [7, 11) is 0. The third-order valence-electron chi connectivity index (χ3n) is 1.92. The van der Waals surface area contributed by atoms with Crippen molar-refractivity contribution >= 4 is 84.7 Å². The number of carbonyl (C=O) groups is 4. The van der Waals surface area contributed by atoms with Gasteiger partial charge in [0.15, 0.2) is 0 Å². The third-order valence-corrected chi connectivity index (χ3v) is 1.92. The predicted molar refractivity (Wildman–Crippen MR) is 66.0 cm³/mol. The third kappa shape index (κ3) is 22.1. The summed E-state index contributed by atoms with van der Waals surface area (Å²) < 4.78 is 0. The van der Waals surface area contributed by atoms with Crippen LogP contribution in [-0.2, 0) is 19.2 Å². The Balaban J connectivity index is -0.000000135. The summed E-state index contributed by atoms with van der Waals surface area (Å²) in [5, 5.41) is 39.2. The molecule has 0 fully saturated rings. The second-order valence-electron chi connectivity index (χ2n) is 3.67. The first-order valence-electron chi connectivity index (χ1n) is 5.40. The van der Waals surface area contributed by atoms with Gasteiger partial charge in [-0.05, 0) is 25.7 Å². The molecule has 10 nitrogen and oxygen atoms in total. The zero-order chi connectivity index (χ0) is 16.3. The molecule has 12 heteroatoms. The van der Waals surface area contributed by atoms with Crippen molar-refractivity contribution in [1.82, 2.24) is 0 Å². The van der Waals surface area contributed by atoms with E-state index in [1.807, 2.05) is 0 Å². The van der Waals surface area contributed by atoms with Crippen molar-refractivity contribution in [2.75, 3.05) is 0 Å². The first-order valence-corrected chi connectivity index (χ1v) is 5.40. The molecule has 0 rings (SSSR count). The molecule has 116 valence electrons. The Hall–Kier alpha value is -0.174. The number of carboxylic acids is 4. The molecule has 0 aliphatic carbocycles. The molecule has 0 bridgehead atoms. The van der Waals surface area contributed by atoms with Crippen molar-refractivity contribution in [3.63, 3.8) is 0 Å². The SMILES string of the molecule is N[C@@H](CCC(=O)[O-])C(=O)[O-].N[C@@H](CCC(=O)[O-])C(=O)[O-].[Ca+2].[Mg+2]. The van der Waals surface area contributed by atoms with Crippen molar-refractivity contribution in [3.8, 4) is 0 Å².